The number of rotatable bonds is 4. The minimum absolute atomic E-state index is 0.0634. The molecule has 3 N–H and O–H groups in total. The molecule has 0 saturated heterocycles. The summed E-state index contributed by atoms with van der Waals surface area (Å²) in [5.74, 6) is -1.34. The number of hydrogen-bond donors (Lipinski definition) is 3. The Hall–Kier alpha value is -1.64. The molecule has 1 aromatic rings. The minimum atomic E-state index is -4.18. The lowest BCUT2D eigenvalue weighted by Gasteiger charge is -2.08. The molecule has 0 aliphatic rings. The predicted molar refractivity (Wildman–Crippen MR) is 52.1 cm³/mol. The van der Waals surface area contributed by atoms with Gasteiger partial charge >= 0.3 is 5.97 Å². The highest BCUT2D eigenvalue weighted by atomic mass is 32.2. The Morgan fingerprint density at radius 2 is 2.06 bits per heavy atom. The highest BCUT2D eigenvalue weighted by Gasteiger charge is 2.20. The molecule has 0 aromatic heterocycles. The van der Waals surface area contributed by atoms with E-state index in [4.69, 9.17) is 15.1 Å². The van der Waals surface area contributed by atoms with Gasteiger partial charge in [0.25, 0.3) is 10.0 Å². The fourth-order valence-corrected chi connectivity index (χ4v) is 1.87. The van der Waals surface area contributed by atoms with E-state index in [-0.39, 0.29) is 11.3 Å². The number of benzene rings is 1. The van der Waals surface area contributed by atoms with E-state index in [1.807, 2.05) is 0 Å². The second-order valence-corrected chi connectivity index (χ2v) is 4.39. The van der Waals surface area contributed by atoms with Gasteiger partial charge in [0.2, 0.25) is 0 Å². The van der Waals surface area contributed by atoms with Crippen LogP contribution in [0.3, 0.4) is 0 Å². The average molecular weight is 247 g/mol. The van der Waals surface area contributed by atoms with Crippen LogP contribution in [0.15, 0.2) is 23.1 Å². The van der Waals surface area contributed by atoms with Crippen molar-refractivity contribution in [1.29, 1.82) is 0 Å². The number of hydrogen-bond acceptors (Lipinski definition) is 5. The molecule has 0 aliphatic carbocycles. The van der Waals surface area contributed by atoms with Crippen molar-refractivity contribution in [2.24, 2.45) is 0 Å². The van der Waals surface area contributed by atoms with Crippen molar-refractivity contribution in [3.63, 3.8) is 0 Å². The van der Waals surface area contributed by atoms with Crippen molar-refractivity contribution >= 4 is 16.0 Å². The molecule has 7 nitrogen and oxygen atoms in total. The van der Waals surface area contributed by atoms with Gasteiger partial charge in [-0.2, -0.15) is 0 Å². The highest BCUT2D eigenvalue weighted by Crippen LogP contribution is 2.24. The molecule has 0 radical (unpaired) electrons. The molecule has 0 unspecified atom stereocenters. The summed E-state index contributed by atoms with van der Waals surface area (Å²) >= 11 is 0. The number of carboxylic acids is 1. The molecule has 0 amide bonds. The Morgan fingerprint density at radius 1 is 1.44 bits per heavy atom. The smallest absolute Gasteiger partial charge is 0.335 e. The summed E-state index contributed by atoms with van der Waals surface area (Å²) in [7, 11) is -2.95. The van der Waals surface area contributed by atoms with E-state index in [0.29, 0.717) is 0 Å². The molecule has 88 valence electrons. The van der Waals surface area contributed by atoms with E-state index >= 15 is 0 Å². The van der Waals surface area contributed by atoms with Gasteiger partial charge in [0, 0.05) is 0 Å². The lowest BCUT2D eigenvalue weighted by atomic mass is 10.2. The zero-order valence-electron chi connectivity index (χ0n) is 8.17. The fourth-order valence-electron chi connectivity index (χ4n) is 1.07. The first kappa shape index (κ1) is 12.4. The van der Waals surface area contributed by atoms with E-state index in [2.05, 4.69) is 0 Å². The number of aromatic carboxylic acids is 1. The van der Waals surface area contributed by atoms with Crippen LogP contribution < -0.4 is 9.62 Å². The van der Waals surface area contributed by atoms with Gasteiger partial charge in [-0.15, -0.1) is 0 Å². The van der Waals surface area contributed by atoms with Crippen LogP contribution in [0, 0.1) is 0 Å². The molecule has 1 aromatic carbocycles. The molecule has 0 saturated carbocycles. The lowest BCUT2D eigenvalue weighted by Crippen LogP contribution is -2.20. The molecule has 0 heterocycles. The van der Waals surface area contributed by atoms with Gasteiger partial charge < -0.3 is 15.1 Å². The molecule has 0 fully saturated rings. The highest BCUT2D eigenvalue weighted by molar-refractivity contribution is 7.89. The van der Waals surface area contributed by atoms with Crippen LogP contribution in [0.4, 0.5) is 0 Å². The van der Waals surface area contributed by atoms with Gasteiger partial charge in [-0.05, 0) is 18.2 Å². The van der Waals surface area contributed by atoms with Crippen molar-refractivity contribution < 1.29 is 28.3 Å². The average Bonchev–Trinajstić information content (AvgIpc) is 2.28. The summed E-state index contributed by atoms with van der Waals surface area (Å²) in [6.07, 6.45) is 0. The Bertz CT molecular complexity index is 509. The van der Waals surface area contributed by atoms with Crippen LogP contribution in [0.1, 0.15) is 10.4 Å². The third-order valence-corrected chi connectivity index (χ3v) is 2.96. The third-order valence-electron chi connectivity index (χ3n) is 1.82. The summed E-state index contributed by atoms with van der Waals surface area (Å²) < 4.78 is 27.4. The van der Waals surface area contributed by atoms with E-state index < -0.39 is 20.9 Å². The van der Waals surface area contributed by atoms with Gasteiger partial charge in [-0.25, -0.2) is 13.2 Å². The number of methoxy groups -OCH3 is 1. The summed E-state index contributed by atoms with van der Waals surface area (Å²) in [5.41, 5.74) is -0.227. The van der Waals surface area contributed by atoms with Crippen molar-refractivity contribution in [1.82, 2.24) is 4.89 Å². The first-order valence-electron chi connectivity index (χ1n) is 3.99. The van der Waals surface area contributed by atoms with Crippen LogP contribution in [-0.4, -0.2) is 31.8 Å². The van der Waals surface area contributed by atoms with Crippen LogP contribution in [-0.2, 0) is 10.0 Å². The molecule has 8 heteroatoms. The van der Waals surface area contributed by atoms with Gasteiger partial charge in [0.1, 0.15) is 10.6 Å². The largest absolute Gasteiger partial charge is 0.495 e. The second-order valence-electron chi connectivity index (χ2n) is 2.77. The summed E-state index contributed by atoms with van der Waals surface area (Å²) in [6.45, 7) is 0. The van der Waals surface area contributed by atoms with E-state index in [1.54, 1.807) is 0 Å². The van der Waals surface area contributed by atoms with Crippen LogP contribution in [0.5, 0.6) is 5.75 Å². The number of nitrogens with one attached hydrogen (secondary N) is 1. The van der Waals surface area contributed by atoms with Crippen molar-refractivity contribution in [2.45, 2.75) is 4.90 Å². The molecule has 1 rings (SSSR count). The Labute approximate surface area is 91.3 Å². The van der Waals surface area contributed by atoms with Gasteiger partial charge in [0.15, 0.2) is 0 Å². The summed E-state index contributed by atoms with van der Waals surface area (Å²) in [6, 6.07) is 3.27. The predicted octanol–water partition coefficient (Wildman–Crippen LogP) is 0.0609. The zero-order chi connectivity index (χ0) is 12.3. The van der Waals surface area contributed by atoms with Crippen LogP contribution in [0.2, 0.25) is 0 Å². The molecular formula is C8H9NO6S. The first-order valence-corrected chi connectivity index (χ1v) is 5.48. The van der Waals surface area contributed by atoms with Crippen LogP contribution >= 0.6 is 0 Å². The standard InChI is InChI=1S/C8H9NO6S/c1-15-6-3-2-5(8(10)11)4-7(6)16(13,14)9-12/h2-4,9,12H,1H3,(H,10,11). The number of sulfonamides is 1. The van der Waals surface area contributed by atoms with Crippen LogP contribution in [0.25, 0.3) is 0 Å². The maximum atomic E-state index is 11.3. The molecule has 0 atom stereocenters. The Morgan fingerprint density at radius 3 is 2.50 bits per heavy atom. The van der Waals surface area contributed by atoms with Gasteiger partial charge in [0.05, 0.1) is 12.7 Å². The van der Waals surface area contributed by atoms with E-state index in [0.717, 1.165) is 11.0 Å². The molecule has 0 aliphatic heterocycles. The van der Waals surface area contributed by atoms with Crippen molar-refractivity contribution in [3.8, 4) is 5.75 Å². The van der Waals surface area contributed by atoms with E-state index in [9.17, 15) is 13.2 Å². The minimum Gasteiger partial charge on any atom is -0.495 e. The quantitative estimate of drug-likeness (QED) is 0.648. The van der Waals surface area contributed by atoms with Crippen molar-refractivity contribution in [2.75, 3.05) is 7.11 Å². The number of carboxylic acid groups (broad SMARTS) is 1. The third kappa shape index (κ3) is 2.30. The molecule has 16 heavy (non-hydrogen) atoms. The van der Waals surface area contributed by atoms with Crippen molar-refractivity contribution in [3.05, 3.63) is 23.8 Å². The summed E-state index contributed by atoms with van der Waals surface area (Å²) in [5, 5.41) is 17.1. The molecule has 0 bridgehead atoms. The summed E-state index contributed by atoms with van der Waals surface area (Å²) in [4.78, 5) is 11.3. The second kappa shape index (κ2) is 4.47. The normalized spacial score (nSPS) is 11.1. The zero-order valence-corrected chi connectivity index (χ0v) is 8.98. The van der Waals surface area contributed by atoms with Gasteiger partial charge in [-0.1, -0.05) is 4.89 Å². The maximum absolute atomic E-state index is 11.3. The lowest BCUT2D eigenvalue weighted by molar-refractivity contribution is 0.0696. The Kier molecular flexibility index (Phi) is 3.48. The molecule has 0 spiro atoms. The van der Waals surface area contributed by atoms with E-state index in [1.165, 1.54) is 19.2 Å². The monoisotopic (exact) mass is 247 g/mol. The first-order chi connectivity index (χ1) is 7.42. The number of carbonyl (C=O) groups is 1. The fraction of sp³-hybridized carbons (Fsp3) is 0.125. The maximum Gasteiger partial charge on any atom is 0.335 e. The number of ether oxygens (including phenoxy) is 1. The van der Waals surface area contributed by atoms with Gasteiger partial charge in [-0.3, -0.25) is 0 Å². The SMILES string of the molecule is COc1ccc(C(=O)O)cc1S(=O)(=O)NO. The molecular weight excluding hydrogens is 238 g/mol. The topological polar surface area (TPSA) is 113 Å². The Balaban J connectivity index is 3.45.